The average molecular weight is 580 g/mol. The number of halogens is 3. The van der Waals surface area contributed by atoms with Crippen LogP contribution in [0.4, 0.5) is 13.2 Å². The predicted octanol–water partition coefficient (Wildman–Crippen LogP) is 1.39. The van der Waals surface area contributed by atoms with Crippen molar-refractivity contribution in [1.82, 2.24) is 20.4 Å². The van der Waals surface area contributed by atoms with Gasteiger partial charge in [0.25, 0.3) is 11.8 Å². The van der Waals surface area contributed by atoms with Crippen molar-refractivity contribution in [3.8, 4) is 5.75 Å². The monoisotopic (exact) mass is 579 g/mol. The number of hydrogen-bond acceptors (Lipinski definition) is 7. The highest BCUT2D eigenvalue weighted by molar-refractivity contribution is 8.00. The Morgan fingerprint density at radius 2 is 1.73 bits per heavy atom. The molecule has 2 heterocycles. The molecule has 2 aliphatic heterocycles. The molecule has 4 N–H and O–H groups in total. The second kappa shape index (κ2) is 13.9. The van der Waals surface area contributed by atoms with E-state index in [9.17, 15) is 27.6 Å². The molecule has 40 heavy (non-hydrogen) atoms. The van der Waals surface area contributed by atoms with Crippen molar-refractivity contribution in [1.29, 1.82) is 0 Å². The molecule has 2 atom stereocenters. The number of nitrogens with two attached hydrogens (primary N) is 1. The third-order valence-electron chi connectivity index (χ3n) is 6.67. The molecule has 13 heteroatoms. The van der Waals surface area contributed by atoms with E-state index in [2.05, 4.69) is 10.6 Å². The van der Waals surface area contributed by atoms with Crippen molar-refractivity contribution < 1.29 is 32.3 Å². The van der Waals surface area contributed by atoms with Crippen LogP contribution in [0.2, 0.25) is 0 Å². The van der Waals surface area contributed by atoms with Crippen LogP contribution in [0.15, 0.2) is 36.4 Å². The Kier molecular flexibility index (Phi) is 10.3. The molecule has 3 amide bonds. The lowest BCUT2D eigenvalue weighted by Crippen LogP contribution is -2.47. The quantitative estimate of drug-likeness (QED) is 0.365. The van der Waals surface area contributed by atoms with Crippen molar-refractivity contribution in [2.45, 2.75) is 30.8 Å². The topological polar surface area (TPSA) is 117 Å². The van der Waals surface area contributed by atoms with Gasteiger partial charge in [-0.2, -0.15) is 0 Å². The highest BCUT2D eigenvalue weighted by Crippen LogP contribution is 2.25. The fourth-order valence-corrected chi connectivity index (χ4v) is 5.65. The molecular formula is C27H32F3N5O4S. The molecule has 0 aliphatic carbocycles. The molecule has 2 fully saturated rings. The normalized spacial score (nSPS) is 17.9. The zero-order chi connectivity index (χ0) is 28.6. The van der Waals surface area contributed by atoms with Crippen LogP contribution >= 0.6 is 11.8 Å². The van der Waals surface area contributed by atoms with E-state index < -0.39 is 28.9 Å². The highest BCUT2D eigenvalue weighted by atomic mass is 32.2. The van der Waals surface area contributed by atoms with Gasteiger partial charge < -0.3 is 30.9 Å². The zero-order valence-electron chi connectivity index (χ0n) is 21.8. The van der Waals surface area contributed by atoms with Crippen molar-refractivity contribution in [3.05, 3.63) is 65.0 Å². The summed E-state index contributed by atoms with van der Waals surface area (Å²) in [5.74, 6) is -3.09. The van der Waals surface area contributed by atoms with Crippen molar-refractivity contribution in [2.75, 3.05) is 45.1 Å². The minimum atomic E-state index is -1.30. The first-order chi connectivity index (χ1) is 19.2. The molecule has 2 saturated heterocycles. The van der Waals surface area contributed by atoms with E-state index in [1.54, 1.807) is 29.2 Å². The van der Waals surface area contributed by atoms with Crippen LogP contribution in [0.1, 0.15) is 17.5 Å². The Hall–Kier alpha value is -3.29. The summed E-state index contributed by atoms with van der Waals surface area (Å²) in [4.78, 5) is 41.2. The van der Waals surface area contributed by atoms with Crippen molar-refractivity contribution >= 4 is 29.5 Å². The van der Waals surface area contributed by atoms with E-state index in [4.69, 9.17) is 10.5 Å². The Morgan fingerprint density at radius 1 is 1.02 bits per heavy atom. The number of carbonyl (C=O) groups excluding carboxylic acids is 3. The second-order valence-electron chi connectivity index (χ2n) is 9.62. The molecule has 0 saturated carbocycles. The van der Waals surface area contributed by atoms with Crippen molar-refractivity contribution in [2.24, 2.45) is 5.73 Å². The number of benzene rings is 2. The zero-order valence-corrected chi connectivity index (χ0v) is 22.7. The van der Waals surface area contributed by atoms with E-state index in [1.807, 2.05) is 0 Å². The second-order valence-corrected chi connectivity index (χ2v) is 10.8. The summed E-state index contributed by atoms with van der Waals surface area (Å²) in [5.41, 5.74) is 6.70. The Balaban J connectivity index is 1.23. The van der Waals surface area contributed by atoms with Crippen molar-refractivity contribution in [3.63, 3.8) is 0 Å². The highest BCUT2D eigenvalue weighted by Gasteiger charge is 2.35. The number of thioether (sulfide) groups is 1. The van der Waals surface area contributed by atoms with E-state index in [0.717, 1.165) is 24.7 Å². The van der Waals surface area contributed by atoms with Crippen LogP contribution in [0, 0.1) is 17.5 Å². The smallest absolute Gasteiger partial charge is 0.260 e. The Labute approximate surface area is 234 Å². The van der Waals surface area contributed by atoms with Gasteiger partial charge in [0.1, 0.15) is 11.6 Å². The Morgan fingerprint density at radius 3 is 2.45 bits per heavy atom. The fourth-order valence-electron chi connectivity index (χ4n) is 4.49. The number of ether oxygens (including phenoxy) is 1. The largest absolute Gasteiger partial charge is 0.484 e. The summed E-state index contributed by atoms with van der Waals surface area (Å²) in [5, 5.41) is 5.29. The summed E-state index contributed by atoms with van der Waals surface area (Å²) in [6.45, 7) is 3.40. The molecule has 2 aromatic rings. The average Bonchev–Trinajstić information content (AvgIpc) is 3.45. The molecule has 0 radical (unpaired) electrons. The van der Waals surface area contributed by atoms with Gasteiger partial charge in [-0.05, 0) is 35.7 Å². The van der Waals surface area contributed by atoms with Crippen LogP contribution < -0.4 is 21.1 Å². The summed E-state index contributed by atoms with van der Waals surface area (Å²) in [6, 6.07) is 7.37. The minimum Gasteiger partial charge on any atom is -0.484 e. The fraction of sp³-hybridized carbons (Fsp3) is 0.444. The number of amides is 3. The number of nitrogens with one attached hydrogen (secondary N) is 2. The number of piperazine rings is 1. The van der Waals surface area contributed by atoms with Crippen LogP contribution in [0.5, 0.6) is 5.75 Å². The lowest BCUT2D eigenvalue weighted by atomic mass is 10.0. The van der Waals surface area contributed by atoms with Gasteiger partial charge in [0.15, 0.2) is 23.6 Å². The van der Waals surface area contributed by atoms with E-state index in [0.29, 0.717) is 37.2 Å². The standard InChI is InChI=1S/C27H32F3N5O4S/c28-21-14-23(30)22(29)12-18(21)11-19(31)13-24(36)35-9-10-40-27(35)26(38)33-15-17-1-3-20(4-2-17)39-16-25(37)34-7-5-32-6-8-34/h1-4,12,14,19,27,32H,5-11,13,15-16,31H2,(H,33,38). The molecule has 4 rings (SSSR count). The molecule has 0 spiro atoms. The predicted molar refractivity (Wildman–Crippen MR) is 144 cm³/mol. The molecule has 0 aromatic heterocycles. The molecular weight excluding hydrogens is 547 g/mol. The van der Waals surface area contributed by atoms with Gasteiger partial charge >= 0.3 is 0 Å². The van der Waals surface area contributed by atoms with E-state index in [1.165, 1.54) is 16.7 Å². The lowest BCUT2D eigenvalue weighted by Gasteiger charge is -2.27. The third kappa shape index (κ3) is 7.89. The van der Waals surface area contributed by atoms with Gasteiger partial charge in [0.05, 0.1) is 0 Å². The Bertz CT molecular complexity index is 1210. The van der Waals surface area contributed by atoms with Crippen LogP contribution in [0.3, 0.4) is 0 Å². The van der Waals surface area contributed by atoms with Gasteiger partial charge in [0.2, 0.25) is 5.91 Å². The van der Waals surface area contributed by atoms with Crippen LogP contribution in [-0.2, 0) is 27.3 Å². The third-order valence-corrected chi connectivity index (χ3v) is 7.87. The lowest BCUT2D eigenvalue weighted by molar-refractivity contribution is -0.136. The number of nitrogens with zero attached hydrogens (tertiary/aromatic N) is 2. The summed E-state index contributed by atoms with van der Waals surface area (Å²) in [7, 11) is 0. The molecule has 9 nitrogen and oxygen atoms in total. The van der Waals surface area contributed by atoms with Gasteiger partial charge in [-0.3, -0.25) is 14.4 Å². The van der Waals surface area contributed by atoms with Crippen LogP contribution in [0.25, 0.3) is 0 Å². The molecule has 2 aliphatic rings. The van der Waals surface area contributed by atoms with E-state index in [-0.39, 0.29) is 49.3 Å². The van der Waals surface area contributed by atoms with Gasteiger partial charge in [-0.1, -0.05) is 12.1 Å². The summed E-state index contributed by atoms with van der Waals surface area (Å²) in [6.07, 6.45) is -0.336. The maximum atomic E-state index is 13.9. The maximum Gasteiger partial charge on any atom is 0.260 e. The van der Waals surface area contributed by atoms with Gasteiger partial charge in [-0.25, -0.2) is 13.2 Å². The summed E-state index contributed by atoms with van der Waals surface area (Å²) >= 11 is 1.32. The molecule has 2 aromatic carbocycles. The van der Waals surface area contributed by atoms with E-state index >= 15 is 0 Å². The molecule has 216 valence electrons. The SMILES string of the molecule is NC(CC(=O)N1CCSC1C(=O)NCc1ccc(OCC(=O)N2CCNCC2)cc1)Cc1cc(F)c(F)cc1F. The molecule has 0 bridgehead atoms. The number of carbonyl (C=O) groups is 3. The van der Waals surface area contributed by atoms with Crippen LogP contribution in [-0.4, -0.2) is 84.0 Å². The number of hydrogen-bond donors (Lipinski definition) is 3. The first kappa shape index (κ1) is 29.7. The first-order valence-electron chi connectivity index (χ1n) is 13.0. The minimum absolute atomic E-state index is 0.0434. The van der Waals surface area contributed by atoms with Gasteiger partial charge in [-0.15, -0.1) is 11.8 Å². The first-order valence-corrected chi connectivity index (χ1v) is 14.0. The maximum absolute atomic E-state index is 13.9. The number of rotatable bonds is 10. The molecule has 2 unspecified atom stereocenters. The summed E-state index contributed by atoms with van der Waals surface area (Å²) < 4.78 is 46.2. The van der Waals surface area contributed by atoms with Gasteiger partial charge in [0, 0.05) is 63.6 Å².